The van der Waals surface area contributed by atoms with Gasteiger partial charge in [-0.1, -0.05) is 48.5 Å². The number of hydrogen-bond acceptors (Lipinski definition) is 5. The van der Waals surface area contributed by atoms with Crippen molar-refractivity contribution < 1.29 is 24.4 Å². The zero-order chi connectivity index (χ0) is 27.7. The second-order valence-electron chi connectivity index (χ2n) is 10.7. The summed E-state index contributed by atoms with van der Waals surface area (Å²) in [5.74, 6) is 2.86. The lowest BCUT2D eigenvalue weighted by molar-refractivity contribution is -0.104. The van der Waals surface area contributed by atoms with Crippen LogP contribution in [0.2, 0.25) is 0 Å². The van der Waals surface area contributed by atoms with E-state index in [1.807, 2.05) is 42.5 Å². The Bertz CT molecular complexity index is 1330. The highest BCUT2D eigenvalue weighted by molar-refractivity contribution is 6.02. The van der Waals surface area contributed by atoms with E-state index in [-0.39, 0.29) is 11.7 Å². The summed E-state index contributed by atoms with van der Waals surface area (Å²) in [6.07, 6.45) is 9.18. The molecule has 1 unspecified atom stereocenters. The van der Waals surface area contributed by atoms with Gasteiger partial charge in [-0.05, 0) is 80.1 Å². The number of nitrogens with two attached hydrogens (primary N) is 1. The van der Waals surface area contributed by atoms with Crippen LogP contribution >= 0.6 is 0 Å². The smallest absolute Gasteiger partial charge is 0.166 e. The zero-order valence-corrected chi connectivity index (χ0v) is 23.3. The van der Waals surface area contributed by atoms with E-state index in [1.165, 1.54) is 11.8 Å². The lowest BCUT2D eigenvalue weighted by atomic mass is 9.85. The third kappa shape index (κ3) is 6.80. The highest BCUT2D eigenvalue weighted by Crippen LogP contribution is 2.39. The Kier molecular flexibility index (Phi) is 9.30. The molecule has 2 aliphatic rings. The molecule has 1 aliphatic carbocycles. The van der Waals surface area contributed by atoms with E-state index < -0.39 is 0 Å². The van der Waals surface area contributed by atoms with E-state index in [0.29, 0.717) is 30.6 Å². The van der Waals surface area contributed by atoms with Gasteiger partial charge in [0.05, 0.1) is 7.11 Å². The first-order valence-corrected chi connectivity index (χ1v) is 14.2. The first kappa shape index (κ1) is 27.7. The Morgan fingerprint density at radius 2 is 1.65 bits per heavy atom. The van der Waals surface area contributed by atoms with E-state index in [0.717, 1.165) is 67.8 Å². The summed E-state index contributed by atoms with van der Waals surface area (Å²) < 4.78 is 17.6. The van der Waals surface area contributed by atoms with Gasteiger partial charge >= 0.3 is 0 Å². The molecule has 1 heterocycles. The van der Waals surface area contributed by atoms with Crippen molar-refractivity contribution in [2.24, 2.45) is 11.8 Å². The van der Waals surface area contributed by atoms with Gasteiger partial charge < -0.3 is 14.2 Å². The number of piperidine rings is 1. The van der Waals surface area contributed by atoms with Crippen molar-refractivity contribution in [2.75, 3.05) is 33.4 Å². The standard InChI is InChI=1S/C34H38N2O4/c1-38-32-22-28-21-29(20-25-13-16-36(17-14-25)24-26-8-3-2-4-9-26)34(37)30(28)23-33(32)40-19-18-39-31-12-6-5-10-27(31)11-7-15-35/h2-12,15,22-23,25,29,35H,13-14,16-21,24H2,1H3/p+1/b11-7-,35-15?. The van der Waals surface area contributed by atoms with Crippen LogP contribution in [-0.4, -0.2) is 50.3 Å². The van der Waals surface area contributed by atoms with Gasteiger partial charge in [-0.3, -0.25) is 15.1 Å². The van der Waals surface area contributed by atoms with Crippen LogP contribution in [0.1, 0.15) is 46.3 Å². The van der Waals surface area contributed by atoms with Gasteiger partial charge in [0, 0.05) is 29.7 Å². The van der Waals surface area contributed by atoms with Gasteiger partial charge in [-0.25, -0.2) is 0 Å². The summed E-state index contributed by atoms with van der Waals surface area (Å²) in [6, 6.07) is 22.3. The summed E-state index contributed by atoms with van der Waals surface area (Å²) in [5.41, 5.74) is 4.15. The summed E-state index contributed by atoms with van der Waals surface area (Å²) >= 11 is 0. The molecule has 2 N–H and O–H groups in total. The van der Waals surface area contributed by atoms with E-state index >= 15 is 0 Å². The third-order valence-electron chi connectivity index (χ3n) is 7.97. The fourth-order valence-corrected chi connectivity index (χ4v) is 5.88. The van der Waals surface area contributed by atoms with Crippen molar-refractivity contribution in [3.05, 3.63) is 95.1 Å². The highest BCUT2D eigenvalue weighted by atomic mass is 16.5. The molecular weight excluding hydrogens is 500 g/mol. The number of rotatable bonds is 12. The number of Topliss-reactive ketones (excluding diaryl/α,β-unsaturated/α-hetero) is 1. The van der Waals surface area contributed by atoms with Gasteiger partial charge in [-0.2, -0.15) is 0 Å². The molecule has 0 aromatic heterocycles. The number of likely N-dealkylation sites (tertiary alicyclic amines) is 1. The molecule has 0 saturated carbocycles. The molecule has 5 rings (SSSR count). The van der Waals surface area contributed by atoms with Gasteiger partial charge in [0.2, 0.25) is 0 Å². The minimum absolute atomic E-state index is 0.0410. The van der Waals surface area contributed by atoms with E-state index in [2.05, 4.69) is 35.2 Å². The Morgan fingerprint density at radius 3 is 2.40 bits per heavy atom. The lowest BCUT2D eigenvalue weighted by Crippen LogP contribution is -2.34. The summed E-state index contributed by atoms with van der Waals surface area (Å²) in [4.78, 5) is 15.9. The number of allylic oxidation sites excluding steroid dienone is 1. The molecule has 208 valence electrons. The molecule has 3 aromatic carbocycles. The summed E-state index contributed by atoms with van der Waals surface area (Å²) in [6.45, 7) is 3.87. The molecule has 40 heavy (non-hydrogen) atoms. The minimum atomic E-state index is 0.0410. The quantitative estimate of drug-likeness (QED) is 0.268. The Labute approximate surface area is 237 Å². The Hall–Kier alpha value is -3.90. The minimum Gasteiger partial charge on any atom is -0.493 e. The van der Waals surface area contributed by atoms with Crippen LogP contribution in [0.4, 0.5) is 0 Å². The number of methoxy groups -OCH3 is 1. The average molecular weight is 540 g/mol. The van der Waals surface area contributed by atoms with Crippen molar-refractivity contribution in [3.8, 4) is 17.2 Å². The van der Waals surface area contributed by atoms with Crippen molar-refractivity contribution >= 4 is 18.1 Å². The van der Waals surface area contributed by atoms with Crippen LogP contribution in [0.25, 0.3) is 6.08 Å². The topological polar surface area (TPSA) is 73.6 Å². The molecule has 0 spiro atoms. The van der Waals surface area contributed by atoms with E-state index in [4.69, 9.17) is 19.6 Å². The van der Waals surface area contributed by atoms with Gasteiger partial charge in [-0.15, -0.1) is 0 Å². The van der Waals surface area contributed by atoms with Crippen LogP contribution in [-0.2, 0) is 13.0 Å². The van der Waals surface area contributed by atoms with Gasteiger partial charge in [0.25, 0.3) is 0 Å². The largest absolute Gasteiger partial charge is 0.493 e. The first-order valence-electron chi connectivity index (χ1n) is 14.2. The number of carbonyl (C=O) groups excluding carboxylic acids is 1. The zero-order valence-electron chi connectivity index (χ0n) is 23.3. The molecule has 6 nitrogen and oxygen atoms in total. The van der Waals surface area contributed by atoms with Crippen LogP contribution in [0, 0.1) is 11.8 Å². The molecule has 1 saturated heterocycles. The maximum absolute atomic E-state index is 13.4. The lowest BCUT2D eigenvalue weighted by Gasteiger charge is -2.32. The average Bonchev–Trinajstić information content (AvgIpc) is 3.29. The monoisotopic (exact) mass is 539 g/mol. The molecule has 0 amide bonds. The number of carbonyl (C=O) groups is 1. The molecule has 1 fully saturated rings. The number of fused-ring (bicyclic) bond motifs is 1. The molecule has 3 aromatic rings. The maximum Gasteiger partial charge on any atom is 0.166 e. The fourth-order valence-electron chi connectivity index (χ4n) is 5.88. The van der Waals surface area contributed by atoms with Crippen molar-refractivity contribution in [1.82, 2.24) is 4.90 Å². The highest BCUT2D eigenvalue weighted by Gasteiger charge is 2.34. The second-order valence-corrected chi connectivity index (χ2v) is 10.7. The number of nitrogens with zero attached hydrogens (tertiary/aromatic N) is 1. The predicted octanol–water partition coefficient (Wildman–Crippen LogP) is 4.65. The molecule has 1 atom stereocenters. The van der Waals surface area contributed by atoms with Crippen LogP contribution in [0.15, 0.2) is 72.8 Å². The molecule has 0 bridgehead atoms. The molecular formula is C34H39N2O4+. The Balaban J connectivity index is 1.14. The van der Waals surface area contributed by atoms with Gasteiger partial charge in [0.15, 0.2) is 23.5 Å². The van der Waals surface area contributed by atoms with Crippen molar-refractivity contribution in [2.45, 2.75) is 32.2 Å². The second kappa shape index (κ2) is 13.4. The van der Waals surface area contributed by atoms with Crippen LogP contribution in [0.5, 0.6) is 17.2 Å². The molecule has 0 radical (unpaired) electrons. The first-order chi connectivity index (χ1) is 19.6. The van der Waals surface area contributed by atoms with E-state index in [1.54, 1.807) is 13.2 Å². The SMILES string of the molecule is COc1cc2c(cc1OCCOc1ccccc1/C=C\C=[NH2+])C(=O)C(CC1CCN(Cc3ccccc3)CC1)C2. The number of benzene rings is 3. The number of hydrogen-bond donors (Lipinski definition) is 1. The van der Waals surface area contributed by atoms with Crippen molar-refractivity contribution in [1.29, 1.82) is 0 Å². The number of ether oxygens (including phenoxy) is 3. The maximum atomic E-state index is 13.4. The Morgan fingerprint density at radius 1 is 0.925 bits per heavy atom. The van der Waals surface area contributed by atoms with Crippen LogP contribution in [0.3, 0.4) is 0 Å². The fraction of sp³-hybridized carbons (Fsp3) is 0.353. The predicted molar refractivity (Wildman–Crippen MR) is 158 cm³/mol. The van der Waals surface area contributed by atoms with Crippen molar-refractivity contribution in [3.63, 3.8) is 0 Å². The molecule has 1 aliphatic heterocycles. The van der Waals surface area contributed by atoms with Gasteiger partial charge in [0.1, 0.15) is 19.0 Å². The number of para-hydroxylation sites is 1. The molecule has 6 heteroatoms. The third-order valence-corrected chi connectivity index (χ3v) is 7.97. The normalized spacial score (nSPS) is 17.6. The number of ketones is 1. The van der Waals surface area contributed by atoms with E-state index in [9.17, 15) is 4.79 Å². The van der Waals surface area contributed by atoms with Crippen LogP contribution < -0.4 is 19.6 Å². The summed E-state index contributed by atoms with van der Waals surface area (Å²) in [5, 5.41) is 5.46. The summed E-state index contributed by atoms with van der Waals surface area (Å²) in [7, 11) is 1.64.